The molecule has 0 atom stereocenters. The van der Waals surface area contributed by atoms with Gasteiger partial charge >= 0.3 is 0 Å². The summed E-state index contributed by atoms with van der Waals surface area (Å²) in [5.74, 6) is 1.35. The molecule has 0 saturated carbocycles. The van der Waals surface area contributed by atoms with Crippen molar-refractivity contribution in [3.63, 3.8) is 0 Å². The normalized spacial score (nSPS) is 14.4. The molecule has 1 fully saturated rings. The Labute approximate surface area is 188 Å². The summed E-state index contributed by atoms with van der Waals surface area (Å²) in [5, 5.41) is 0. The van der Waals surface area contributed by atoms with Crippen LogP contribution in [0.1, 0.15) is 22.3 Å². The summed E-state index contributed by atoms with van der Waals surface area (Å²) in [5.41, 5.74) is 1.19. The molecular formula is C23H21F2NO3S2. The average Bonchev–Trinajstić information content (AvgIpc) is 3.31. The van der Waals surface area contributed by atoms with E-state index in [1.807, 2.05) is 47.8 Å². The lowest BCUT2D eigenvalue weighted by Crippen LogP contribution is -2.35. The molecule has 1 aromatic heterocycles. The Kier molecular flexibility index (Phi) is 7.19. The van der Waals surface area contributed by atoms with E-state index in [9.17, 15) is 13.6 Å². The van der Waals surface area contributed by atoms with Crippen molar-refractivity contribution in [1.29, 1.82) is 0 Å². The third kappa shape index (κ3) is 5.62. The Morgan fingerprint density at radius 1 is 1.10 bits per heavy atom. The molecule has 2 aromatic carbocycles. The number of hydrogen-bond donors (Lipinski definition) is 0. The fraction of sp³-hybridized carbons (Fsp3) is 0.261. The second-order valence-corrected chi connectivity index (χ2v) is 9.66. The first-order valence-electron chi connectivity index (χ1n) is 9.84. The van der Waals surface area contributed by atoms with Crippen LogP contribution in [-0.4, -0.2) is 24.0 Å². The van der Waals surface area contributed by atoms with Crippen LogP contribution in [0.4, 0.5) is 14.5 Å². The van der Waals surface area contributed by atoms with Gasteiger partial charge < -0.3 is 9.15 Å². The second kappa shape index (κ2) is 10.2. The Bertz CT molecular complexity index is 1010. The van der Waals surface area contributed by atoms with Gasteiger partial charge in [0.25, 0.3) is 5.91 Å². The highest BCUT2D eigenvalue weighted by Crippen LogP contribution is 2.43. The van der Waals surface area contributed by atoms with E-state index in [1.165, 1.54) is 29.2 Å². The summed E-state index contributed by atoms with van der Waals surface area (Å²) >= 11 is 3.87. The van der Waals surface area contributed by atoms with Crippen LogP contribution in [0.2, 0.25) is 0 Å². The molecular weight excluding hydrogens is 440 g/mol. The first kappa shape index (κ1) is 21.8. The summed E-state index contributed by atoms with van der Waals surface area (Å²) in [6.45, 7) is -0.281. The highest BCUT2D eigenvalue weighted by Gasteiger charge is 2.22. The maximum Gasteiger partial charge on any atom is 0.265 e. The fourth-order valence-electron chi connectivity index (χ4n) is 3.19. The number of benzene rings is 2. The molecule has 0 radical (unpaired) electrons. The van der Waals surface area contributed by atoms with E-state index < -0.39 is 17.5 Å². The highest BCUT2D eigenvalue weighted by atomic mass is 32.2. The van der Waals surface area contributed by atoms with Gasteiger partial charge in [-0.2, -0.15) is 0 Å². The summed E-state index contributed by atoms with van der Waals surface area (Å²) in [4.78, 5) is 14.1. The third-order valence-electron chi connectivity index (χ3n) is 4.74. The van der Waals surface area contributed by atoms with Crippen molar-refractivity contribution < 1.29 is 22.7 Å². The molecule has 8 heteroatoms. The van der Waals surface area contributed by atoms with Gasteiger partial charge in [-0.15, -0.1) is 23.5 Å². The van der Waals surface area contributed by atoms with E-state index in [0.717, 1.165) is 23.6 Å². The first-order valence-corrected chi connectivity index (χ1v) is 11.9. The van der Waals surface area contributed by atoms with Gasteiger partial charge in [0.05, 0.1) is 23.1 Å². The fourth-order valence-corrected chi connectivity index (χ4v) is 6.08. The molecule has 162 valence electrons. The van der Waals surface area contributed by atoms with Gasteiger partial charge in [-0.1, -0.05) is 12.1 Å². The molecule has 4 rings (SSSR count). The number of furan rings is 1. The number of anilines is 1. The van der Waals surface area contributed by atoms with Gasteiger partial charge in [0, 0.05) is 6.07 Å². The Hall–Kier alpha value is -2.45. The van der Waals surface area contributed by atoms with Crippen LogP contribution >= 0.6 is 23.5 Å². The number of rotatable bonds is 7. The van der Waals surface area contributed by atoms with Crippen molar-refractivity contribution in [1.82, 2.24) is 0 Å². The van der Waals surface area contributed by atoms with Crippen molar-refractivity contribution in [2.75, 3.05) is 23.0 Å². The standard InChI is InChI=1S/C23H21F2NO3S2/c24-17-6-9-21(20(25)13-17)26(14-19-3-1-10-28-19)22(27)15-29-18-7-4-16(5-8-18)23-30-11-2-12-31-23/h1,3-10,13,23H,2,11-12,14-15H2. The van der Waals surface area contributed by atoms with Crippen LogP contribution in [-0.2, 0) is 11.3 Å². The summed E-state index contributed by atoms with van der Waals surface area (Å²) < 4.78 is 39.1. The molecule has 0 aliphatic carbocycles. The predicted octanol–water partition coefficient (Wildman–Crippen LogP) is 6.04. The van der Waals surface area contributed by atoms with Crippen molar-refractivity contribution in [2.24, 2.45) is 0 Å². The number of ether oxygens (including phenoxy) is 1. The number of amides is 1. The molecule has 0 unspecified atom stereocenters. The average molecular weight is 462 g/mol. The predicted molar refractivity (Wildman–Crippen MR) is 120 cm³/mol. The summed E-state index contributed by atoms with van der Waals surface area (Å²) in [6, 6.07) is 14.2. The zero-order valence-electron chi connectivity index (χ0n) is 16.6. The molecule has 4 nitrogen and oxygen atoms in total. The zero-order valence-corrected chi connectivity index (χ0v) is 18.3. The van der Waals surface area contributed by atoms with Gasteiger partial charge in [-0.05, 0) is 59.9 Å². The SMILES string of the molecule is O=C(COc1ccc(C2SCCCS2)cc1)N(Cc1ccco1)c1ccc(F)cc1F. The van der Waals surface area contributed by atoms with E-state index in [1.54, 1.807) is 12.1 Å². The van der Waals surface area contributed by atoms with Crippen LogP contribution in [0.5, 0.6) is 5.75 Å². The molecule has 0 N–H and O–H groups in total. The molecule has 31 heavy (non-hydrogen) atoms. The minimum absolute atomic E-state index is 0.00676. The lowest BCUT2D eigenvalue weighted by atomic mass is 10.2. The van der Waals surface area contributed by atoms with Crippen molar-refractivity contribution in [3.8, 4) is 5.75 Å². The van der Waals surface area contributed by atoms with Gasteiger partial charge in [0.1, 0.15) is 23.1 Å². The van der Waals surface area contributed by atoms with E-state index in [4.69, 9.17) is 9.15 Å². The molecule has 3 aromatic rings. The Morgan fingerprint density at radius 3 is 2.55 bits per heavy atom. The first-order chi connectivity index (χ1) is 15.1. The highest BCUT2D eigenvalue weighted by molar-refractivity contribution is 8.16. The molecule has 1 aliphatic rings. The maximum atomic E-state index is 14.4. The number of carbonyl (C=O) groups excluding carboxylic acids is 1. The quantitative estimate of drug-likeness (QED) is 0.429. The third-order valence-corrected chi connectivity index (χ3v) is 7.75. The van der Waals surface area contributed by atoms with Gasteiger partial charge in [0.15, 0.2) is 6.61 Å². The minimum atomic E-state index is -0.827. The van der Waals surface area contributed by atoms with Crippen LogP contribution in [0.15, 0.2) is 65.3 Å². The van der Waals surface area contributed by atoms with E-state index >= 15 is 0 Å². The molecule has 1 amide bonds. The molecule has 2 heterocycles. The van der Waals surface area contributed by atoms with Crippen LogP contribution in [0.3, 0.4) is 0 Å². The van der Waals surface area contributed by atoms with Gasteiger partial charge in [0.2, 0.25) is 0 Å². The zero-order chi connectivity index (χ0) is 21.6. The Balaban J connectivity index is 1.44. The van der Waals surface area contributed by atoms with Crippen LogP contribution < -0.4 is 9.64 Å². The maximum absolute atomic E-state index is 14.4. The lowest BCUT2D eigenvalue weighted by Gasteiger charge is -2.23. The van der Waals surface area contributed by atoms with Crippen molar-refractivity contribution in [3.05, 3.63) is 83.8 Å². The minimum Gasteiger partial charge on any atom is -0.484 e. The van der Waals surface area contributed by atoms with Gasteiger partial charge in [-0.25, -0.2) is 8.78 Å². The monoisotopic (exact) mass is 461 g/mol. The summed E-state index contributed by atoms with van der Waals surface area (Å²) in [7, 11) is 0. The van der Waals surface area contributed by atoms with Crippen molar-refractivity contribution in [2.45, 2.75) is 17.5 Å². The number of halogens is 2. The van der Waals surface area contributed by atoms with Crippen LogP contribution in [0, 0.1) is 11.6 Å². The number of nitrogens with zero attached hydrogens (tertiary/aromatic N) is 1. The lowest BCUT2D eigenvalue weighted by molar-refractivity contribution is -0.120. The Morgan fingerprint density at radius 2 is 1.87 bits per heavy atom. The van der Waals surface area contributed by atoms with Crippen LogP contribution in [0.25, 0.3) is 0 Å². The van der Waals surface area contributed by atoms with E-state index in [2.05, 4.69) is 0 Å². The topological polar surface area (TPSA) is 42.7 Å². The second-order valence-electron chi connectivity index (χ2n) is 6.94. The molecule has 1 saturated heterocycles. The number of thioether (sulfide) groups is 2. The number of carbonyl (C=O) groups is 1. The molecule has 0 spiro atoms. The number of hydrogen-bond acceptors (Lipinski definition) is 5. The largest absolute Gasteiger partial charge is 0.484 e. The molecule has 1 aliphatic heterocycles. The van der Waals surface area contributed by atoms with E-state index in [-0.39, 0.29) is 18.8 Å². The summed E-state index contributed by atoms with van der Waals surface area (Å²) in [6.07, 6.45) is 2.71. The molecule has 0 bridgehead atoms. The van der Waals surface area contributed by atoms with Gasteiger partial charge in [-0.3, -0.25) is 9.69 Å². The smallest absolute Gasteiger partial charge is 0.265 e. The van der Waals surface area contributed by atoms with Crippen molar-refractivity contribution >= 4 is 35.1 Å². The van der Waals surface area contributed by atoms with E-state index in [0.29, 0.717) is 16.1 Å².